The van der Waals surface area contributed by atoms with E-state index in [2.05, 4.69) is 0 Å². The van der Waals surface area contributed by atoms with Crippen molar-refractivity contribution in [3.63, 3.8) is 0 Å². The van der Waals surface area contributed by atoms with Gasteiger partial charge in [0.25, 0.3) is 0 Å². The van der Waals surface area contributed by atoms with Crippen molar-refractivity contribution in [1.82, 2.24) is 5.06 Å². The summed E-state index contributed by atoms with van der Waals surface area (Å²) in [6.45, 7) is 0.417. The lowest BCUT2D eigenvalue weighted by Gasteiger charge is -2.13. The van der Waals surface area contributed by atoms with E-state index in [1.165, 1.54) is 12.2 Å². The molecule has 3 nitrogen and oxygen atoms in total. The first-order valence-electron chi connectivity index (χ1n) is 5.35. The predicted molar refractivity (Wildman–Crippen MR) is 65.1 cm³/mol. The first-order valence-corrected chi connectivity index (χ1v) is 5.35. The van der Waals surface area contributed by atoms with Crippen molar-refractivity contribution in [2.24, 2.45) is 0 Å². The zero-order chi connectivity index (χ0) is 12.1. The van der Waals surface area contributed by atoms with Gasteiger partial charge in [0.15, 0.2) is 5.78 Å². The molecular formula is C14H13NO2. The van der Waals surface area contributed by atoms with Gasteiger partial charge >= 0.3 is 0 Å². The quantitative estimate of drug-likeness (QED) is 0.806. The highest BCUT2D eigenvalue weighted by atomic mass is 16.5. The van der Waals surface area contributed by atoms with E-state index < -0.39 is 0 Å². The van der Waals surface area contributed by atoms with E-state index in [0.717, 1.165) is 16.2 Å². The molecule has 17 heavy (non-hydrogen) atoms. The van der Waals surface area contributed by atoms with Crippen LogP contribution in [0.15, 0.2) is 66.4 Å². The van der Waals surface area contributed by atoms with Crippen molar-refractivity contribution in [3.05, 3.63) is 72.0 Å². The second-order valence-electron chi connectivity index (χ2n) is 3.78. The third kappa shape index (κ3) is 3.43. The molecule has 1 aromatic carbocycles. The van der Waals surface area contributed by atoms with E-state index in [9.17, 15) is 10.0 Å². The summed E-state index contributed by atoms with van der Waals surface area (Å²) in [7, 11) is 0. The Morgan fingerprint density at radius 2 is 1.71 bits per heavy atom. The summed E-state index contributed by atoms with van der Waals surface area (Å²) in [6.07, 6.45) is 7.89. The Bertz CT molecular complexity index is 468. The fraction of sp³-hybridized carbons (Fsp3) is 0.0714. The number of allylic oxidation sites excluding steroid dienone is 5. The number of benzene rings is 1. The molecule has 86 valence electrons. The minimum absolute atomic E-state index is 0.0327. The van der Waals surface area contributed by atoms with Gasteiger partial charge in [-0.2, -0.15) is 0 Å². The smallest absolute Gasteiger partial charge is 0.178 e. The Hall–Kier alpha value is -2.13. The van der Waals surface area contributed by atoms with Crippen LogP contribution >= 0.6 is 0 Å². The number of nitrogens with zero attached hydrogens (tertiary/aromatic N) is 1. The van der Waals surface area contributed by atoms with Crippen molar-refractivity contribution in [2.45, 2.75) is 6.54 Å². The molecule has 0 fully saturated rings. The summed E-state index contributed by atoms with van der Waals surface area (Å²) in [5.74, 6) is -0.0327. The Labute approximate surface area is 99.9 Å². The van der Waals surface area contributed by atoms with Crippen LogP contribution in [0.4, 0.5) is 0 Å². The number of hydrogen-bond acceptors (Lipinski definition) is 3. The Morgan fingerprint density at radius 1 is 1.06 bits per heavy atom. The molecule has 0 unspecified atom stereocenters. The van der Waals surface area contributed by atoms with Crippen LogP contribution in [-0.4, -0.2) is 16.1 Å². The van der Waals surface area contributed by atoms with Crippen molar-refractivity contribution in [2.75, 3.05) is 0 Å². The van der Waals surface area contributed by atoms with Crippen molar-refractivity contribution < 1.29 is 10.0 Å². The largest absolute Gasteiger partial charge is 0.290 e. The van der Waals surface area contributed by atoms with E-state index in [1.807, 2.05) is 30.3 Å². The van der Waals surface area contributed by atoms with Crippen molar-refractivity contribution in [3.8, 4) is 0 Å². The highest BCUT2D eigenvalue weighted by Gasteiger charge is 2.01. The monoisotopic (exact) mass is 227 g/mol. The zero-order valence-corrected chi connectivity index (χ0v) is 9.28. The first-order chi connectivity index (χ1) is 8.24. The van der Waals surface area contributed by atoms with Crippen LogP contribution in [0.2, 0.25) is 0 Å². The second-order valence-corrected chi connectivity index (χ2v) is 3.78. The molecule has 0 aliphatic heterocycles. The van der Waals surface area contributed by atoms with E-state index in [1.54, 1.807) is 18.4 Å². The summed E-state index contributed by atoms with van der Waals surface area (Å²) < 4.78 is 0. The van der Waals surface area contributed by atoms with Crippen molar-refractivity contribution in [1.29, 1.82) is 0 Å². The van der Waals surface area contributed by atoms with Crippen LogP contribution in [0.5, 0.6) is 0 Å². The standard InChI is InChI=1S/C14H13NO2/c16-14-8-6-13(7-9-14)11-15(17)10-12-4-2-1-3-5-12/h1-9,11,17H,10H2. The average Bonchev–Trinajstić information content (AvgIpc) is 2.33. The zero-order valence-electron chi connectivity index (χ0n) is 9.28. The number of carbonyl (C=O) groups is 1. The van der Waals surface area contributed by atoms with Gasteiger partial charge in [-0.1, -0.05) is 30.3 Å². The molecule has 3 heteroatoms. The average molecular weight is 227 g/mol. The SMILES string of the molecule is O=C1C=CC(=CN(O)Cc2ccccc2)C=C1. The lowest BCUT2D eigenvalue weighted by atomic mass is 10.1. The Morgan fingerprint density at radius 3 is 2.35 bits per heavy atom. The maximum Gasteiger partial charge on any atom is 0.178 e. The van der Waals surface area contributed by atoms with Gasteiger partial charge in [-0.05, 0) is 35.4 Å². The summed E-state index contributed by atoms with van der Waals surface area (Å²) in [6, 6.07) is 9.67. The van der Waals surface area contributed by atoms with Crippen molar-refractivity contribution >= 4 is 5.78 Å². The van der Waals surface area contributed by atoms with Crippen LogP contribution < -0.4 is 0 Å². The lowest BCUT2D eigenvalue weighted by molar-refractivity contribution is -0.110. The molecular weight excluding hydrogens is 214 g/mol. The molecule has 0 saturated carbocycles. The minimum Gasteiger partial charge on any atom is -0.290 e. The molecule has 0 aromatic heterocycles. The van der Waals surface area contributed by atoms with E-state index >= 15 is 0 Å². The molecule has 1 N–H and O–H groups in total. The molecule has 0 spiro atoms. The minimum atomic E-state index is -0.0327. The molecule has 0 atom stereocenters. The molecule has 0 saturated heterocycles. The van der Waals surface area contributed by atoms with E-state index in [4.69, 9.17) is 0 Å². The predicted octanol–water partition coefficient (Wildman–Crippen LogP) is 2.46. The van der Waals surface area contributed by atoms with Gasteiger partial charge in [0, 0.05) is 6.20 Å². The van der Waals surface area contributed by atoms with E-state index in [0.29, 0.717) is 6.54 Å². The van der Waals surface area contributed by atoms with Gasteiger partial charge in [-0.15, -0.1) is 0 Å². The topological polar surface area (TPSA) is 40.5 Å². The molecule has 0 amide bonds. The van der Waals surface area contributed by atoms with Crippen LogP contribution in [0, 0.1) is 0 Å². The van der Waals surface area contributed by atoms with Crippen LogP contribution in [0.25, 0.3) is 0 Å². The third-order valence-electron chi connectivity index (χ3n) is 2.37. The number of carbonyl (C=O) groups excluding carboxylic acids is 1. The maximum absolute atomic E-state index is 10.9. The van der Waals surface area contributed by atoms with Crippen LogP contribution in [0.3, 0.4) is 0 Å². The molecule has 0 heterocycles. The highest BCUT2D eigenvalue weighted by molar-refractivity contribution is 6.01. The molecule has 0 radical (unpaired) electrons. The molecule has 1 aliphatic rings. The molecule has 0 bridgehead atoms. The van der Waals surface area contributed by atoms with Gasteiger partial charge in [-0.25, -0.2) is 0 Å². The number of ketones is 1. The Kier molecular flexibility index (Phi) is 3.52. The van der Waals surface area contributed by atoms with Gasteiger partial charge < -0.3 is 0 Å². The van der Waals surface area contributed by atoms with Crippen LogP contribution in [0.1, 0.15) is 5.56 Å². The number of rotatable bonds is 3. The normalized spacial score (nSPS) is 13.9. The highest BCUT2D eigenvalue weighted by Crippen LogP contribution is 2.09. The Balaban J connectivity index is 2.00. The summed E-state index contributed by atoms with van der Waals surface area (Å²) in [5, 5.41) is 10.8. The molecule has 1 aliphatic carbocycles. The lowest BCUT2D eigenvalue weighted by Crippen LogP contribution is -2.12. The fourth-order valence-electron chi connectivity index (χ4n) is 1.54. The van der Waals surface area contributed by atoms with Gasteiger partial charge in [0.1, 0.15) is 0 Å². The second kappa shape index (κ2) is 5.27. The number of hydroxylamine groups is 2. The first kappa shape index (κ1) is 11.4. The summed E-state index contributed by atoms with van der Waals surface area (Å²) in [4.78, 5) is 10.9. The van der Waals surface area contributed by atoms with Crippen LogP contribution in [-0.2, 0) is 11.3 Å². The maximum atomic E-state index is 10.9. The third-order valence-corrected chi connectivity index (χ3v) is 2.37. The molecule has 2 rings (SSSR count). The summed E-state index contributed by atoms with van der Waals surface area (Å²) >= 11 is 0. The van der Waals surface area contributed by atoms with E-state index in [-0.39, 0.29) is 5.78 Å². The number of hydrogen-bond donors (Lipinski definition) is 1. The molecule has 1 aromatic rings. The van der Waals surface area contributed by atoms with Gasteiger partial charge in [0.2, 0.25) is 0 Å². The fourth-order valence-corrected chi connectivity index (χ4v) is 1.54. The summed E-state index contributed by atoms with van der Waals surface area (Å²) in [5.41, 5.74) is 1.81. The van der Waals surface area contributed by atoms with Gasteiger partial charge in [-0.3, -0.25) is 15.1 Å². The van der Waals surface area contributed by atoms with Gasteiger partial charge in [0.05, 0.1) is 6.54 Å².